The largest absolute Gasteiger partial charge is 0.319 e. The Labute approximate surface area is 103 Å². The molecule has 0 aliphatic rings. The lowest BCUT2D eigenvalue weighted by Crippen LogP contribution is -2.11. The second-order valence-corrected chi connectivity index (χ2v) is 4.45. The third kappa shape index (κ3) is 2.47. The van der Waals surface area contributed by atoms with Gasteiger partial charge in [-0.15, -0.1) is 0 Å². The number of rotatable bonds is 4. The van der Waals surface area contributed by atoms with Crippen molar-refractivity contribution in [1.82, 2.24) is 10.3 Å². The van der Waals surface area contributed by atoms with Gasteiger partial charge in [-0.1, -0.05) is 25.1 Å². The highest BCUT2D eigenvalue weighted by Gasteiger charge is 2.05. The second-order valence-electron chi connectivity index (χ2n) is 4.45. The molecule has 1 aromatic carbocycles. The van der Waals surface area contributed by atoms with Gasteiger partial charge in [-0.3, -0.25) is 4.98 Å². The Morgan fingerprint density at radius 3 is 2.82 bits per heavy atom. The first-order valence-electron chi connectivity index (χ1n) is 6.29. The minimum absolute atomic E-state index is 0.978. The zero-order valence-electron chi connectivity index (χ0n) is 10.9. The smallest absolute Gasteiger partial charge is 0.0739 e. The molecule has 2 heteroatoms. The van der Waals surface area contributed by atoms with Crippen molar-refractivity contribution in [3.05, 3.63) is 41.1 Å². The summed E-state index contributed by atoms with van der Waals surface area (Å²) in [5, 5.41) is 4.46. The topological polar surface area (TPSA) is 24.9 Å². The van der Waals surface area contributed by atoms with Gasteiger partial charge in [0, 0.05) is 24.0 Å². The van der Waals surface area contributed by atoms with Crippen LogP contribution >= 0.6 is 0 Å². The summed E-state index contributed by atoms with van der Waals surface area (Å²) in [6, 6.07) is 8.68. The number of para-hydroxylation sites is 1. The number of hydrogen-bond donors (Lipinski definition) is 1. The Hall–Kier alpha value is -1.41. The molecule has 0 saturated heterocycles. The van der Waals surface area contributed by atoms with Crippen LogP contribution < -0.4 is 5.32 Å². The highest BCUT2D eigenvalue weighted by molar-refractivity contribution is 5.85. The predicted molar refractivity (Wildman–Crippen MR) is 73.5 cm³/mol. The highest BCUT2D eigenvalue weighted by Crippen LogP contribution is 2.21. The Bertz CT molecular complexity index is 518. The molecule has 0 aliphatic carbocycles. The fourth-order valence-corrected chi connectivity index (χ4v) is 2.21. The number of pyridine rings is 1. The van der Waals surface area contributed by atoms with Gasteiger partial charge in [0.05, 0.1) is 5.52 Å². The molecule has 0 aliphatic heterocycles. The molecule has 1 aromatic heterocycles. The van der Waals surface area contributed by atoms with E-state index >= 15 is 0 Å². The monoisotopic (exact) mass is 228 g/mol. The SMILES string of the molecule is CCc1cccc2c(C)cc(CCNC)nc12. The van der Waals surface area contributed by atoms with Crippen molar-refractivity contribution in [3.8, 4) is 0 Å². The lowest BCUT2D eigenvalue weighted by molar-refractivity contribution is 0.778. The molecule has 0 amide bonds. The molecule has 1 N–H and O–H groups in total. The highest BCUT2D eigenvalue weighted by atomic mass is 14.8. The molecule has 1 heterocycles. The van der Waals surface area contributed by atoms with Crippen molar-refractivity contribution in [3.63, 3.8) is 0 Å². The summed E-state index contributed by atoms with van der Waals surface area (Å²) >= 11 is 0. The Kier molecular flexibility index (Phi) is 3.75. The van der Waals surface area contributed by atoms with E-state index in [1.54, 1.807) is 0 Å². The Morgan fingerprint density at radius 1 is 1.29 bits per heavy atom. The molecule has 0 spiro atoms. The van der Waals surface area contributed by atoms with E-state index < -0.39 is 0 Å². The van der Waals surface area contributed by atoms with Crippen molar-refractivity contribution >= 4 is 10.9 Å². The summed E-state index contributed by atoms with van der Waals surface area (Å²) in [6.45, 7) is 5.34. The summed E-state index contributed by atoms with van der Waals surface area (Å²) in [5.41, 5.74) is 5.04. The molecule has 0 bridgehead atoms. The molecule has 0 atom stereocenters. The molecule has 0 radical (unpaired) electrons. The normalized spacial score (nSPS) is 11.0. The minimum Gasteiger partial charge on any atom is -0.319 e. The minimum atomic E-state index is 0.978. The van der Waals surface area contributed by atoms with E-state index in [4.69, 9.17) is 4.98 Å². The molecule has 2 rings (SSSR count). The number of likely N-dealkylation sites (N-methyl/N-ethyl adjacent to an activating group) is 1. The van der Waals surface area contributed by atoms with Gasteiger partial charge in [0.1, 0.15) is 0 Å². The van der Waals surface area contributed by atoms with Crippen LogP contribution in [0.4, 0.5) is 0 Å². The molecule has 0 fully saturated rings. The first kappa shape index (κ1) is 12.1. The molecular formula is C15H20N2. The van der Waals surface area contributed by atoms with Gasteiger partial charge in [0.2, 0.25) is 0 Å². The number of aromatic nitrogens is 1. The summed E-state index contributed by atoms with van der Waals surface area (Å²) in [6.07, 6.45) is 2.03. The maximum absolute atomic E-state index is 4.80. The average Bonchev–Trinajstić information content (AvgIpc) is 2.35. The van der Waals surface area contributed by atoms with E-state index in [1.807, 2.05) is 7.05 Å². The summed E-state index contributed by atoms with van der Waals surface area (Å²) in [4.78, 5) is 4.80. The van der Waals surface area contributed by atoms with Crippen molar-refractivity contribution in [2.75, 3.05) is 13.6 Å². The summed E-state index contributed by atoms with van der Waals surface area (Å²) < 4.78 is 0. The first-order valence-corrected chi connectivity index (χ1v) is 6.29. The number of hydrogen-bond acceptors (Lipinski definition) is 2. The zero-order chi connectivity index (χ0) is 12.3. The van der Waals surface area contributed by atoms with Gasteiger partial charge >= 0.3 is 0 Å². The van der Waals surface area contributed by atoms with E-state index in [0.717, 1.165) is 19.4 Å². The van der Waals surface area contributed by atoms with Crippen LogP contribution in [0.25, 0.3) is 10.9 Å². The van der Waals surface area contributed by atoms with E-state index in [1.165, 1.54) is 27.7 Å². The van der Waals surface area contributed by atoms with E-state index in [0.29, 0.717) is 0 Å². The molecule has 2 nitrogen and oxygen atoms in total. The van der Waals surface area contributed by atoms with E-state index in [-0.39, 0.29) is 0 Å². The molecule has 90 valence electrons. The maximum atomic E-state index is 4.80. The van der Waals surface area contributed by atoms with Crippen molar-refractivity contribution < 1.29 is 0 Å². The van der Waals surface area contributed by atoms with Crippen LogP contribution in [0.15, 0.2) is 24.3 Å². The quantitative estimate of drug-likeness (QED) is 0.870. The lowest BCUT2D eigenvalue weighted by atomic mass is 10.0. The van der Waals surface area contributed by atoms with Crippen LogP contribution in [-0.4, -0.2) is 18.6 Å². The third-order valence-corrected chi connectivity index (χ3v) is 3.19. The number of aryl methyl sites for hydroxylation is 2. The van der Waals surface area contributed by atoms with Gasteiger partial charge in [-0.2, -0.15) is 0 Å². The van der Waals surface area contributed by atoms with Crippen molar-refractivity contribution in [1.29, 1.82) is 0 Å². The predicted octanol–water partition coefficient (Wildman–Crippen LogP) is 2.87. The molecule has 2 aromatic rings. The number of nitrogens with one attached hydrogen (secondary N) is 1. The van der Waals surface area contributed by atoms with Crippen LogP contribution in [-0.2, 0) is 12.8 Å². The fraction of sp³-hybridized carbons (Fsp3) is 0.400. The Morgan fingerprint density at radius 2 is 2.12 bits per heavy atom. The van der Waals surface area contributed by atoms with Crippen LogP contribution in [0, 0.1) is 6.92 Å². The van der Waals surface area contributed by atoms with Gasteiger partial charge in [0.15, 0.2) is 0 Å². The molecule has 0 saturated carbocycles. The molecular weight excluding hydrogens is 208 g/mol. The zero-order valence-corrected chi connectivity index (χ0v) is 10.9. The van der Waals surface area contributed by atoms with Crippen LogP contribution in [0.3, 0.4) is 0 Å². The molecule has 17 heavy (non-hydrogen) atoms. The lowest BCUT2D eigenvalue weighted by Gasteiger charge is -2.09. The number of fused-ring (bicyclic) bond motifs is 1. The van der Waals surface area contributed by atoms with Crippen molar-refractivity contribution in [2.24, 2.45) is 0 Å². The average molecular weight is 228 g/mol. The number of nitrogens with zero attached hydrogens (tertiary/aromatic N) is 1. The van der Waals surface area contributed by atoms with Crippen LogP contribution in [0.1, 0.15) is 23.7 Å². The summed E-state index contributed by atoms with van der Waals surface area (Å²) in [7, 11) is 1.98. The van der Waals surface area contributed by atoms with Gasteiger partial charge in [0.25, 0.3) is 0 Å². The number of benzene rings is 1. The van der Waals surface area contributed by atoms with E-state index in [9.17, 15) is 0 Å². The second kappa shape index (κ2) is 5.28. The van der Waals surface area contributed by atoms with Gasteiger partial charge in [-0.05, 0) is 37.6 Å². The Balaban J connectivity index is 2.53. The molecule has 0 unspecified atom stereocenters. The maximum Gasteiger partial charge on any atom is 0.0739 e. The van der Waals surface area contributed by atoms with Crippen LogP contribution in [0.2, 0.25) is 0 Å². The third-order valence-electron chi connectivity index (χ3n) is 3.19. The van der Waals surface area contributed by atoms with E-state index in [2.05, 4.69) is 43.4 Å². The fourth-order valence-electron chi connectivity index (χ4n) is 2.21. The van der Waals surface area contributed by atoms with Crippen molar-refractivity contribution in [2.45, 2.75) is 26.7 Å². The first-order chi connectivity index (χ1) is 8.26. The standard InChI is InChI=1S/C15H20N2/c1-4-12-6-5-7-14-11(2)10-13(8-9-16-3)17-15(12)14/h5-7,10,16H,4,8-9H2,1-3H3. The van der Waals surface area contributed by atoms with Crippen LogP contribution in [0.5, 0.6) is 0 Å². The van der Waals surface area contributed by atoms with Gasteiger partial charge < -0.3 is 5.32 Å². The van der Waals surface area contributed by atoms with Gasteiger partial charge in [-0.25, -0.2) is 0 Å². The summed E-state index contributed by atoms with van der Waals surface area (Å²) in [5.74, 6) is 0.